The Morgan fingerprint density at radius 2 is 1.67 bits per heavy atom. The van der Waals surface area contributed by atoms with E-state index in [0.717, 1.165) is 0 Å². The molecule has 0 aromatic carbocycles. The maximum Gasteiger partial charge on any atom is 0.431 e. The lowest BCUT2D eigenvalue weighted by Gasteiger charge is -2.29. The van der Waals surface area contributed by atoms with Crippen molar-refractivity contribution in [3.8, 4) is 0 Å². The summed E-state index contributed by atoms with van der Waals surface area (Å²) in [6, 6.07) is 0. The molecule has 6 nitrogen and oxygen atoms in total. The van der Waals surface area contributed by atoms with Gasteiger partial charge in [0.25, 0.3) is 0 Å². The van der Waals surface area contributed by atoms with Crippen molar-refractivity contribution in [3.05, 3.63) is 0 Å². The van der Waals surface area contributed by atoms with Crippen LogP contribution in [0.2, 0.25) is 0 Å². The first-order valence-corrected chi connectivity index (χ1v) is 5.78. The van der Waals surface area contributed by atoms with Gasteiger partial charge < -0.3 is 9.84 Å². The van der Waals surface area contributed by atoms with E-state index in [9.17, 15) is 9.59 Å². The molecule has 0 heterocycles. The zero-order chi connectivity index (χ0) is 14.6. The average Bonchev–Trinajstić information content (AvgIpc) is 2.06. The first-order chi connectivity index (χ1) is 7.92. The van der Waals surface area contributed by atoms with Gasteiger partial charge in [0.2, 0.25) is 0 Å². The second-order valence-corrected chi connectivity index (χ2v) is 6.17. The zero-order valence-electron chi connectivity index (χ0n) is 11.9. The minimum atomic E-state index is -0.985. The van der Waals surface area contributed by atoms with E-state index in [4.69, 9.17) is 14.7 Å². The van der Waals surface area contributed by atoms with E-state index in [0.29, 0.717) is 0 Å². The number of ether oxygens (including phenoxy) is 1. The Bertz CT molecular complexity index is 301. The number of aliphatic carboxylic acids is 1. The molecule has 0 bridgehead atoms. The number of nitrogens with one attached hydrogen (secondary N) is 1. The third kappa shape index (κ3) is 7.89. The van der Waals surface area contributed by atoms with Crippen LogP contribution in [0.25, 0.3) is 0 Å². The van der Waals surface area contributed by atoms with Crippen molar-refractivity contribution < 1.29 is 24.3 Å². The molecule has 18 heavy (non-hydrogen) atoms. The van der Waals surface area contributed by atoms with Crippen molar-refractivity contribution in [1.82, 2.24) is 5.48 Å². The molecule has 0 fully saturated rings. The minimum Gasteiger partial charge on any atom is -0.481 e. The highest BCUT2D eigenvalue weighted by atomic mass is 16.7. The van der Waals surface area contributed by atoms with Gasteiger partial charge in [-0.25, -0.2) is 4.79 Å². The van der Waals surface area contributed by atoms with Gasteiger partial charge in [0.15, 0.2) is 0 Å². The molecule has 2 N–H and O–H groups in total. The molecule has 0 saturated carbocycles. The molecule has 0 aliphatic heterocycles. The van der Waals surface area contributed by atoms with Crippen LogP contribution in [0.1, 0.15) is 48.0 Å². The first kappa shape index (κ1) is 16.7. The van der Waals surface area contributed by atoms with Gasteiger partial charge in [-0.3, -0.25) is 9.63 Å². The second kappa shape index (κ2) is 6.04. The van der Waals surface area contributed by atoms with Gasteiger partial charge in [0.05, 0.1) is 6.42 Å². The highest BCUT2D eigenvalue weighted by Crippen LogP contribution is 2.24. The molecule has 6 heteroatoms. The largest absolute Gasteiger partial charge is 0.481 e. The molecule has 1 amide bonds. The maximum atomic E-state index is 11.4. The standard InChI is InChI=1S/C12H23NO5/c1-11(2,3)8(7-9(14)15)18-13-10(16)17-12(4,5)6/h8H,7H2,1-6H3,(H,13,16)(H,14,15). The topological polar surface area (TPSA) is 84.9 Å². The number of carbonyl (C=O) groups is 2. The summed E-state index contributed by atoms with van der Waals surface area (Å²) in [6.45, 7) is 10.7. The number of carbonyl (C=O) groups excluding carboxylic acids is 1. The molecule has 0 aromatic rings. The Balaban J connectivity index is 4.36. The Labute approximate surface area is 108 Å². The number of hydroxylamine groups is 1. The molecular weight excluding hydrogens is 238 g/mol. The Morgan fingerprint density at radius 1 is 1.17 bits per heavy atom. The fourth-order valence-corrected chi connectivity index (χ4v) is 1.10. The predicted molar refractivity (Wildman–Crippen MR) is 66.0 cm³/mol. The molecule has 0 rings (SSSR count). The molecule has 0 aliphatic carbocycles. The zero-order valence-corrected chi connectivity index (χ0v) is 11.9. The van der Waals surface area contributed by atoms with Gasteiger partial charge >= 0.3 is 12.1 Å². The fourth-order valence-electron chi connectivity index (χ4n) is 1.10. The van der Waals surface area contributed by atoms with E-state index in [-0.39, 0.29) is 6.42 Å². The van der Waals surface area contributed by atoms with Gasteiger partial charge in [-0.1, -0.05) is 20.8 Å². The lowest BCUT2D eigenvalue weighted by atomic mass is 9.87. The summed E-state index contributed by atoms with van der Waals surface area (Å²) in [7, 11) is 0. The molecule has 106 valence electrons. The highest BCUT2D eigenvalue weighted by Gasteiger charge is 2.29. The molecule has 1 atom stereocenters. The maximum absolute atomic E-state index is 11.4. The highest BCUT2D eigenvalue weighted by molar-refractivity contribution is 5.68. The molecule has 0 aliphatic rings. The molecule has 0 spiro atoms. The van der Waals surface area contributed by atoms with Crippen LogP contribution in [0.3, 0.4) is 0 Å². The van der Waals surface area contributed by atoms with E-state index in [2.05, 4.69) is 5.48 Å². The van der Waals surface area contributed by atoms with Crippen LogP contribution >= 0.6 is 0 Å². The van der Waals surface area contributed by atoms with Gasteiger partial charge in [-0.05, 0) is 26.2 Å². The number of amides is 1. The molecule has 1 unspecified atom stereocenters. The van der Waals surface area contributed by atoms with Crippen LogP contribution in [0.15, 0.2) is 0 Å². The van der Waals surface area contributed by atoms with Gasteiger partial charge in [0, 0.05) is 0 Å². The van der Waals surface area contributed by atoms with E-state index in [1.807, 2.05) is 20.8 Å². The molecule has 0 aromatic heterocycles. The van der Waals surface area contributed by atoms with Crippen molar-refractivity contribution in [1.29, 1.82) is 0 Å². The quantitative estimate of drug-likeness (QED) is 0.759. The SMILES string of the molecule is CC(C)(C)OC(=O)NOC(CC(=O)O)C(C)(C)C. The number of carboxylic acid groups (broad SMARTS) is 1. The summed E-state index contributed by atoms with van der Waals surface area (Å²) in [4.78, 5) is 27.2. The van der Waals surface area contributed by atoms with Crippen LogP contribution in [-0.4, -0.2) is 28.9 Å². The third-order valence-corrected chi connectivity index (χ3v) is 2.01. The molecule has 0 radical (unpaired) electrons. The van der Waals surface area contributed by atoms with Crippen LogP contribution in [0, 0.1) is 5.41 Å². The average molecular weight is 261 g/mol. The number of hydrogen-bond donors (Lipinski definition) is 2. The Hall–Kier alpha value is -1.30. The number of carboxylic acids is 1. The molecular formula is C12H23NO5. The third-order valence-electron chi connectivity index (χ3n) is 2.01. The van der Waals surface area contributed by atoms with Crippen LogP contribution in [-0.2, 0) is 14.4 Å². The number of rotatable bonds is 4. The summed E-state index contributed by atoms with van der Waals surface area (Å²) in [6.07, 6.45) is -1.57. The van der Waals surface area contributed by atoms with E-state index < -0.39 is 29.2 Å². The molecule has 0 saturated heterocycles. The first-order valence-electron chi connectivity index (χ1n) is 5.78. The minimum absolute atomic E-state index is 0.195. The van der Waals surface area contributed by atoms with Crippen molar-refractivity contribution in [2.24, 2.45) is 5.41 Å². The normalized spacial score (nSPS) is 13.9. The van der Waals surface area contributed by atoms with Crippen molar-refractivity contribution in [2.45, 2.75) is 59.7 Å². The van der Waals surface area contributed by atoms with Crippen LogP contribution < -0.4 is 5.48 Å². The second-order valence-electron chi connectivity index (χ2n) is 6.17. The summed E-state index contributed by atoms with van der Waals surface area (Å²) < 4.78 is 4.98. The smallest absolute Gasteiger partial charge is 0.431 e. The predicted octanol–water partition coefficient (Wildman–Crippen LogP) is 2.33. The number of hydrogen-bond acceptors (Lipinski definition) is 4. The van der Waals surface area contributed by atoms with Gasteiger partial charge in [0.1, 0.15) is 11.7 Å². The summed E-state index contributed by atoms with van der Waals surface area (Å²) in [5.41, 5.74) is 1.09. The van der Waals surface area contributed by atoms with Crippen LogP contribution in [0.5, 0.6) is 0 Å². The monoisotopic (exact) mass is 261 g/mol. The Kier molecular flexibility index (Phi) is 5.60. The lowest BCUT2D eigenvalue weighted by Crippen LogP contribution is -2.40. The summed E-state index contributed by atoms with van der Waals surface area (Å²) >= 11 is 0. The van der Waals surface area contributed by atoms with Crippen molar-refractivity contribution >= 4 is 12.1 Å². The summed E-state index contributed by atoms with van der Waals surface area (Å²) in [5, 5.41) is 8.77. The summed E-state index contributed by atoms with van der Waals surface area (Å²) in [5.74, 6) is -0.985. The van der Waals surface area contributed by atoms with E-state index >= 15 is 0 Å². The van der Waals surface area contributed by atoms with Gasteiger partial charge in [-0.2, -0.15) is 5.48 Å². The lowest BCUT2D eigenvalue weighted by molar-refractivity contribution is -0.146. The van der Waals surface area contributed by atoms with E-state index in [1.54, 1.807) is 20.8 Å². The fraction of sp³-hybridized carbons (Fsp3) is 0.833. The Morgan fingerprint density at radius 3 is 2.00 bits per heavy atom. The van der Waals surface area contributed by atoms with Crippen molar-refractivity contribution in [3.63, 3.8) is 0 Å². The van der Waals surface area contributed by atoms with Crippen molar-refractivity contribution in [2.75, 3.05) is 0 Å². The van der Waals surface area contributed by atoms with Crippen LogP contribution in [0.4, 0.5) is 4.79 Å². The van der Waals surface area contributed by atoms with Gasteiger partial charge in [-0.15, -0.1) is 0 Å². The van der Waals surface area contributed by atoms with E-state index in [1.165, 1.54) is 0 Å².